The average Bonchev–Trinajstić information content (AvgIpc) is 3.55. The van der Waals surface area contributed by atoms with Crippen LogP contribution in [0.5, 0.6) is 0 Å². The highest BCUT2D eigenvalue weighted by molar-refractivity contribution is 7.99. The summed E-state index contributed by atoms with van der Waals surface area (Å²) in [6.45, 7) is 0. The molecule has 7 heteroatoms. The topological polar surface area (TPSA) is 70.6 Å². The second-order valence-electron chi connectivity index (χ2n) is 13.1. The highest BCUT2D eigenvalue weighted by Crippen LogP contribution is 2.53. The lowest BCUT2D eigenvalue weighted by molar-refractivity contribution is 1.01. The molecule has 3 heterocycles. The van der Waals surface area contributed by atoms with Crippen LogP contribution < -0.4 is 4.90 Å². The van der Waals surface area contributed by atoms with E-state index in [4.69, 9.17) is 15.0 Å². The molecule has 8 aromatic rings. The van der Waals surface area contributed by atoms with Gasteiger partial charge in [-0.1, -0.05) is 109 Å². The molecule has 10 rings (SSSR count). The summed E-state index contributed by atoms with van der Waals surface area (Å²) in [5, 5.41) is 13.0. The first-order chi connectivity index (χ1) is 26.2. The van der Waals surface area contributed by atoms with Gasteiger partial charge in [-0.15, -0.1) is 0 Å². The van der Waals surface area contributed by atoms with Gasteiger partial charge in [0.15, 0.2) is 17.5 Å². The lowest BCUT2D eigenvalue weighted by atomic mass is 10.1. The zero-order valence-corrected chi connectivity index (χ0v) is 29.3. The molecule has 6 nitrogen and oxygen atoms in total. The van der Waals surface area contributed by atoms with E-state index >= 15 is 0 Å². The van der Waals surface area contributed by atoms with Gasteiger partial charge in [0, 0.05) is 43.0 Å². The number of hydrogen-bond acceptors (Lipinski definition) is 6. The number of fused-ring (bicyclic) bond motifs is 5. The summed E-state index contributed by atoms with van der Waals surface area (Å²) >= 11 is 1.78. The molecule has 6 aromatic carbocycles. The van der Waals surface area contributed by atoms with E-state index < -0.39 is 0 Å². The van der Waals surface area contributed by atoms with Gasteiger partial charge < -0.3 is 9.47 Å². The minimum atomic E-state index is 0.532. The van der Waals surface area contributed by atoms with Crippen LogP contribution in [0.25, 0.3) is 55.8 Å². The van der Waals surface area contributed by atoms with Crippen LogP contribution in [0.1, 0.15) is 24.2 Å². The highest BCUT2D eigenvalue weighted by atomic mass is 32.2. The van der Waals surface area contributed by atoms with Gasteiger partial charge in [-0.05, 0) is 73.5 Å². The first-order valence-corrected chi connectivity index (χ1v) is 18.5. The Hall–Kier alpha value is -6.75. The van der Waals surface area contributed by atoms with Crippen LogP contribution in [0.2, 0.25) is 0 Å². The minimum Gasteiger partial charge on any atom is -0.308 e. The number of rotatable bonds is 5. The van der Waals surface area contributed by atoms with Crippen molar-refractivity contribution >= 4 is 56.2 Å². The maximum absolute atomic E-state index is 10.7. The average molecular weight is 699 g/mol. The molecular formula is C46H30N6S. The molecule has 0 bridgehead atoms. The zero-order valence-electron chi connectivity index (χ0n) is 28.5. The van der Waals surface area contributed by atoms with Crippen molar-refractivity contribution in [1.29, 1.82) is 5.26 Å². The molecule has 0 fully saturated rings. The maximum atomic E-state index is 10.7. The summed E-state index contributed by atoms with van der Waals surface area (Å²) in [5.41, 5.74) is 9.47. The summed E-state index contributed by atoms with van der Waals surface area (Å²) < 4.78 is 2.23. The lowest BCUT2D eigenvalue weighted by Crippen LogP contribution is -2.14. The molecule has 0 spiro atoms. The third kappa shape index (κ3) is 5.31. The number of para-hydroxylation sites is 3. The van der Waals surface area contributed by atoms with Gasteiger partial charge in [0.05, 0.1) is 33.7 Å². The molecule has 0 atom stereocenters. The minimum absolute atomic E-state index is 0.532. The third-order valence-corrected chi connectivity index (χ3v) is 11.0. The number of benzene rings is 6. The van der Waals surface area contributed by atoms with Crippen molar-refractivity contribution < 1.29 is 0 Å². The Labute approximate surface area is 311 Å². The summed E-state index contributed by atoms with van der Waals surface area (Å²) in [4.78, 5) is 19.5. The predicted molar refractivity (Wildman–Crippen MR) is 215 cm³/mol. The van der Waals surface area contributed by atoms with E-state index in [2.05, 4.69) is 125 Å². The molecule has 0 amide bonds. The molecule has 1 aliphatic carbocycles. The Kier molecular flexibility index (Phi) is 7.48. The summed E-state index contributed by atoms with van der Waals surface area (Å²) in [5.74, 6) is 1.76. The number of aromatic nitrogens is 4. The number of hydrogen-bond donors (Lipinski definition) is 0. The Balaban J connectivity index is 1.15. The molecule has 1 aliphatic heterocycles. The summed E-state index contributed by atoms with van der Waals surface area (Å²) in [6, 6.07) is 50.6. The standard InChI is InChI=1S/C46H30N6S/c47-29-33-26-32(46-49-44(30-14-4-1-5-15-30)48-45(50-46)31-16-6-2-7-17-31)24-25-37(33)52-38-21-11-10-20-35(38)36-27-41-43(28-40(36)52)53-42-23-13-12-22-39(42)51(41)34-18-8-3-9-19-34/h1,3-6,8-28H,2,7H2. The van der Waals surface area contributed by atoms with Crippen LogP contribution >= 0.6 is 11.8 Å². The molecule has 2 aliphatic rings. The molecular weight excluding hydrogens is 669 g/mol. The third-order valence-electron chi connectivity index (χ3n) is 9.87. The number of nitrogens with zero attached hydrogens (tertiary/aromatic N) is 6. The number of allylic oxidation sites excluding steroid dienone is 4. The largest absolute Gasteiger partial charge is 0.308 e. The molecule has 0 radical (unpaired) electrons. The van der Waals surface area contributed by atoms with E-state index in [-0.39, 0.29) is 0 Å². The van der Waals surface area contributed by atoms with Crippen LogP contribution in [0, 0.1) is 11.3 Å². The van der Waals surface area contributed by atoms with Gasteiger partial charge in [-0.25, -0.2) is 15.0 Å². The van der Waals surface area contributed by atoms with Crippen molar-refractivity contribution in [3.05, 3.63) is 169 Å². The molecule has 53 heavy (non-hydrogen) atoms. The second-order valence-corrected chi connectivity index (χ2v) is 14.2. The summed E-state index contributed by atoms with van der Waals surface area (Å²) in [6.07, 6.45) is 8.36. The van der Waals surface area contributed by atoms with Gasteiger partial charge in [-0.2, -0.15) is 5.26 Å². The van der Waals surface area contributed by atoms with Crippen LogP contribution in [0.4, 0.5) is 17.1 Å². The molecule has 2 aromatic heterocycles. The Morgan fingerprint density at radius 1 is 0.566 bits per heavy atom. The van der Waals surface area contributed by atoms with E-state index in [0.29, 0.717) is 23.0 Å². The normalized spacial score (nSPS) is 13.4. The van der Waals surface area contributed by atoms with Gasteiger partial charge in [0.25, 0.3) is 0 Å². The van der Waals surface area contributed by atoms with Crippen LogP contribution in [0.15, 0.2) is 168 Å². The number of anilines is 3. The van der Waals surface area contributed by atoms with E-state index in [0.717, 1.165) is 79.0 Å². The maximum Gasteiger partial charge on any atom is 0.164 e. The Morgan fingerprint density at radius 3 is 2.11 bits per heavy atom. The Bertz CT molecular complexity index is 2830. The van der Waals surface area contributed by atoms with Crippen LogP contribution in [0.3, 0.4) is 0 Å². The Morgan fingerprint density at radius 2 is 1.30 bits per heavy atom. The SMILES string of the molecule is N#Cc1cc(-c2nc(C3=CCCC=C3)nc(-c3ccccc3)n2)ccc1-n1c2ccccc2c2cc3c(cc21)Sc1ccccc1N3c1ccccc1. The molecule has 250 valence electrons. The predicted octanol–water partition coefficient (Wildman–Crippen LogP) is 11.8. The van der Waals surface area contributed by atoms with Crippen molar-refractivity contribution in [1.82, 2.24) is 19.5 Å². The fraction of sp³-hybridized carbons (Fsp3) is 0.0435. The van der Waals surface area contributed by atoms with E-state index in [9.17, 15) is 5.26 Å². The van der Waals surface area contributed by atoms with Crippen molar-refractivity contribution in [3.63, 3.8) is 0 Å². The van der Waals surface area contributed by atoms with E-state index in [1.54, 1.807) is 11.8 Å². The highest BCUT2D eigenvalue weighted by Gasteiger charge is 2.27. The van der Waals surface area contributed by atoms with E-state index in [1.807, 2.05) is 48.5 Å². The van der Waals surface area contributed by atoms with Crippen molar-refractivity contribution in [3.8, 4) is 34.5 Å². The van der Waals surface area contributed by atoms with Crippen molar-refractivity contribution in [2.45, 2.75) is 22.6 Å². The van der Waals surface area contributed by atoms with Crippen molar-refractivity contribution in [2.75, 3.05) is 4.90 Å². The number of nitriles is 1. The molecule has 0 saturated carbocycles. The zero-order chi connectivity index (χ0) is 35.3. The second kappa shape index (κ2) is 12.8. The van der Waals surface area contributed by atoms with Crippen molar-refractivity contribution in [2.24, 2.45) is 0 Å². The molecule has 0 saturated heterocycles. The van der Waals surface area contributed by atoms with Gasteiger partial charge >= 0.3 is 0 Å². The van der Waals surface area contributed by atoms with Crippen LogP contribution in [-0.4, -0.2) is 19.5 Å². The summed E-state index contributed by atoms with van der Waals surface area (Å²) in [7, 11) is 0. The van der Waals surface area contributed by atoms with E-state index in [1.165, 1.54) is 4.90 Å². The van der Waals surface area contributed by atoms with Crippen LogP contribution in [-0.2, 0) is 0 Å². The molecule has 0 unspecified atom stereocenters. The molecule has 0 N–H and O–H groups in total. The van der Waals surface area contributed by atoms with Gasteiger partial charge in [0.2, 0.25) is 0 Å². The van der Waals surface area contributed by atoms with Gasteiger partial charge in [0.1, 0.15) is 6.07 Å². The first-order valence-electron chi connectivity index (χ1n) is 17.7. The fourth-order valence-electron chi connectivity index (χ4n) is 7.42. The fourth-order valence-corrected chi connectivity index (χ4v) is 8.49. The quantitative estimate of drug-likeness (QED) is 0.178. The lowest BCUT2D eigenvalue weighted by Gasteiger charge is -2.33. The van der Waals surface area contributed by atoms with Gasteiger partial charge in [-0.3, -0.25) is 0 Å². The smallest absolute Gasteiger partial charge is 0.164 e. The first kappa shape index (κ1) is 31.0. The monoisotopic (exact) mass is 698 g/mol.